The van der Waals surface area contributed by atoms with E-state index >= 15 is 0 Å². The lowest BCUT2D eigenvalue weighted by atomic mass is 9.97. The molecule has 2 aromatic carbocycles. The Balaban J connectivity index is 2.21. The summed E-state index contributed by atoms with van der Waals surface area (Å²) in [4.78, 5) is 24.4. The van der Waals surface area contributed by atoms with E-state index in [0.717, 1.165) is 42.6 Å². The molecule has 4 nitrogen and oxygen atoms in total. The van der Waals surface area contributed by atoms with Crippen molar-refractivity contribution in [2.45, 2.75) is 43.5 Å². The van der Waals surface area contributed by atoms with Crippen LogP contribution in [0.5, 0.6) is 0 Å². The fraction of sp³-hybridized carbons (Fsp3) is 0.304. The second-order valence-corrected chi connectivity index (χ2v) is 10.2. The summed E-state index contributed by atoms with van der Waals surface area (Å²) in [5.41, 5.74) is -0.361. The summed E-state index contributed by atoms with van der Waals surface area (Å²) < 4.78 is 117. The third kappa shape index (κ3) is 8.92. The van der Waals surface area contributed by atoms with Crippen LogP contribution in [0.2, 0.25) is 15.1 Å². The van der Waals surface area contributed by atoms with Crippen molar-refractivity contribution >= 4 is 68.6 Å². The van der Waals surface area contributed by atoms with E-state index in [1.54, 1.807) is 0 Å². The first-order chi connectivity index (χ1) is 18.1. The maximum atomic E-state index is 13.7. The van der Waals surface area contributed by atoms with Crippen molar-refractivity contribution in [1.82, 2.24) is 10.6 Å². The van der Waals surface area contributed by atoms with Crippen molar-refractivity contribution in [2.24, 2.45) is 0 Å². The molecule has 0 aliphatic carbocycles. The molecule has 0 heterocycles. The normalized spacial score (nSPS) is 14.4. The van der Waals surface area contributed by atoms with E-state index in [0.29, 0.717) is 0 Å². The number of alkyl halides is 9. The predicted molar refractivity (Wildman–Crippen MR) is 134 cm³/mol. The lowest BCUT2D eigenvalue weighted by Crippen LogP contribution is -2.58. The zero-order valence-electron chi connectivity index (χ0n) is 19.5. The second-order valence-electron chi connectivity index (χ2n) is 8.14. The van der Waals surface area contributed by atoms with Crippen LogP contribution in [0.25, 0.3) is 6.08 Å². The Hall–Kier alpha value is -2.16. The number of amides is 2. The second kappa shape index (κ2) is 12.8. The molecule has 2 aromatic rings. The first-order valence-electron chi connectivity index (χ1n) is 10.6. The van der Waals surface area contributed by atoms with E-state index in [2.05, 4.69) is 15.9 Å². The van der Waals surface area contributed by atoms with Gasteiger partial charge in [-0.2, -0.15) is 39.5 Å². The summed E-state index contributed by atoms with van der Waals surface area (Å²) >= 11 is 20.5. The number of nitrogens with one attached hydrogen (secondary N) is 2. The van der Waals surface area contributed by atoms with Gasteiger partial charge < -0.3 is 10.6 Å². The Morgan fingerprint density at radius 2 is 1.38 bits per heavy atom. The van der Waals surface area contributed by atoms with E-state index in [1.807, 2.05) is 5.32 Å². The molecule has 0 saturated heterocycles. The maximum Gasteiger partial charge on any atom is 0.417 e. The molecule has 17 heteroatoms. The molecule has 0 aromatic heterocycles. The zero-order chi connectivity index (χ0) is 30.8. The van der Waals surface area contributed by atoms with Crippen LogP contribution in [0, 0.1) is 0 Å². The summed E-state index contributed by atoms with van der Waals surface area (Å²) in [7, 11) is 0. The molecule has 0 bridgehead atoms. The first kappa shape index (κ1) is 34.0. The van der Waals surface area contributed by atoms with Crippen LogP contribution in [0.1, 0.15) is 34.3 Å². The maximum absolute atomic E-state index is 13.7. The summed E-state index contributed by atoms with van der Waals surface area (Å²) in [5.74, 6) is -4.98. The van der Waals surface area contributed by atoms with Crippen LogP contribution in [0.3, 0.4) is 0 Å². The quantitative estimate of drug-likeness (QED) is 0.224. The molecule has 0 fully saturated rings. The smallest absolute Gasteiger partial charge is 0.340 e. The van der Waals surface area contributed by atoms with Crippen molar-refractivity contribution in [3.8, 4) is 0 Å². The number of hydrogen-bond donors (Lipinski definition) is 2. The van der Waals surface area contributed by atoms with E-state index in [1.165, 1.54) is 12.1 Å². The molecule has 2 unspecified atom stereocenters. The van der Waals surface area contributed by atoms with Crippen LogP contribution in [0.4, 0.5) is 39.5 Å². The molecule has 2 N–H and O–H groups in total. The largest absolute Gasteiger partial charge is 0.417 e. The van der Waals surface area contributed by atoms with Gasteiger partial charge in [0.1, 0.15) is 6.04 Å². The molecule has 0 saturated carbocycles. The van der Waals surface area contributed by atoms with Gasteiger partial charge in [0, 0.05) is 4.47 Å². The van der Waals surface area contributed by atoms with Crippen molar-refractivity contribution in [1.29, 1.82) is 0 Å². The summed E-state index contributed by atoms with van der Waals surface area (Å²) in [6.45, 7) is 0.856. The minimum Gasteiger partial charge on any atom is -0.340 e. The van der Waals surface area contributed by atoms with Crippen molar-refractivity contribution in [3.63, 3.8) is 0 Å². The summed E-state index contributed by atoms with van der Waals surface area (Å²) in [6.07, 6.45) is -14.6. The summed E-state index contributed by atoms with van der Waals surface area (Å²) in [5, 5.41) is 2.24. The van der Waals surface area contributed by atoms with Gasteiger partial charge in [-0.15, -0.1) is 0 Å². The average molecular weight is 709 g/mol. The van der Waals surface area contributed by atoms with Gasteiger partial charge in [0.15, 0.2) is 0 Å². The molecule has 2 atom stereocenters. The van der Waals surface area contributed by atoms with Crippen LogP contribution in [-0.4, -0.2) is 42.4 Å². The van der Waals surface area contributed by atoms with Gasteiger partial charge in [0.25, 0.3) is 5.91 Å². The number of halogens is 13. The Labute approximate surface area is 244 Å². The third-order valence-electron chi connectivity index (χ3n) is 5.12. The van der Waals surface area contributed by atoms with E-state index in [4.69, 9.17) is 34.8 Å². The van der Waals surface area contributed by atoms with Gasteiger partial charge in [-0.05, 0) is 58.2 Å². The van der Waals surface area contributed by atoms with Crippen molar-refractivity contribution in [3.05, 3.63) is 72.6 Å². The fourth-order valence-electron chi connectivity index (χ4n) is 3.15. The number of benzene rings is 2. The third-order valence-corrected chi connectivity index (χ3v) is 6.97. The number of hydrogen-bond acceptors (Lipinski definition) is 2. The minimum absolute atomic E-state index is 0.00985. The number of allylic oxidation sites excluding steroid dienone is 1. The van der Waals surface area contributed by atoms with E-state index in [-0.39, 0.29) is 36.2 Å². The van der Waals surface area contributed by atoms with Gasteiger partial charge in [0.05, 0.1) is 26.5 Å². The SMILES string of the molecule is CC(NC(=O)c1ccc(/C=C/C(c2cc(Cl)c(Cl)c(Cl)c2)C(F)(F)F)cc1Br)C(=O)NC(C(F)(F)F)C(F)(F)F. The number of carbonyl (C=O) groups is 2. The Kier molecular flexibility index (Phi) is 10.9. The topological polar surface area (TPSA) is 58.2 Å². The standard InChI is InChI=1S/C23H15BrCl3F9N2O2/c1-9(18(39)38-20(22(31,32)33)23(34,35)36)37-19(40)12-4-2-10(6-14(12)24)3-5-13(21(28,29)30)11-7-15(25)17(27)16(26)8-11/h2-9,13,20H,1H3,(H,37,40)(H,38,39)/b5-3+. The van der Waals surface area contributed by atoms with Crippen LogP contribution >= 0.6 is 50.7 Å². The molecular weight excluding hydrogens is 694 g/mol. The highest BCUT2D eigenvalue weighted by molar-refractivity contribution is 9.10. The molecule has 220 valence electrons. The Morgan fingerprint density at radius 3 is 1.82 bits per heavy atom. The average Bonchev–Trinajstić information content (AvgIpc) is 2.78. The summed E-state index contributed by atoms with van der Waals surface area (Å²) in [6, 6.07) is -0.429. The highest BCUT2D eigenvalue weighted by Crippen LogP contribution is 2.41. The minimum atomic E-state index is -5.83. The van der Waals surface area contributed by atoms with Gasteiger partial charge in [-0.1, -0.05) is 53.0 Å². The van der Waals surface area contributed by atoms with Crippen molar-refractivity contribution in [2.75, 3.05) is 0 Å². The molecule has 0 radical (unpaired) electrons. The van der Waals surface area contributed by atoms with E-state index in [9.17, 15) is 49.1 Å². The highest BCUT2D eigenvalue weighted by Gasteiger charge is 2.57. The molecule has 0 aliphatic heterocycles. The Bertz CT molecular complexity index is 1260. The zero-order valence-corrected chi connectivity index (χ0v) is 23.4. The first-order valence-corrected chi connectivity index (χ1v) is 12.5. The number of rotatable bonds is 7. The Morgan fingerprint density at radius 1 is 0.850 bits per heavy atom. The van der Waals surface area contributed by atoms with E-state index < -0.39 is 48.3 Å². The van der Waals surface area contributed by atoms with Gasteiger partial charge in [-0.3, -0.25) is 9.59 Å². The van der Waals surface area contributed by atoms with Crippen LogP contribution < -0.4 is 10.6 Å². The van der Waals surface area contributed by atoms with Crippen LogP contribution in [0.15, 0.2) is 40.9 Å². The monoisotopic (exact) mass is 706 g/mol. The van der Waals surface area contributed by atoms with Gasteiger partial charge in [0.2, 0.25) is 11.9 Å². The van der Waals surface area contributed by atoms with Gasteiger partial charge in [-0.25, -0.2) is 0 Å². The molecular formula is C23H15BrCl3F9N2O2. The molecule has 2 amide bonds. The lowest BCUT2D eigenvalue weighted by molar-refractivity contribution is -0.257. The van der Waals surface area contributed by atoms with Crippen molar-refractivity contribution < 1.29 is 49.1 Å². The molecule has 0 spiro atoms. The predicted octanol–water partition coefficient (Wildman–Crippen LogP) is 8.50. The molecule has 0 aliphatic rings. The fourth-order valence-corrected chi connectivity index (χ4v) is 4.34. The lowest BCUT2D eigenvalue weighted by Gasteiger charge is -2.25. The number of carbonyl (C=O) groups excluding carboxylic acids is 2. The van der Waals surface area contributed by atoms with Crippen LogP contribution in [-0.2, 0) is 4.79 Å². The molecule has 2 rings (SSSR count). The highest BCUT2D eigenvalue weighted by atomic mass is 79.9. The van der Waals surface area contributed by atoms with Gasteiger partial charge >= 0.3 is 18.5 Å². The molecule has 40 heavy (non-hydrogen) atoms.